The van der Waals surface area contributed by atoms with Gasteiger partial charge in [0.05, 0.1) is 35.6 Å². The lowest BCUT2D eigenvalue weighted by Crippen LogP contribution is -2.26. The van der Waals surface area contributed by atoms with E-state index in [0.717, 1.165) is 23.1 Å². The number of fused-ring (bicyclic) bond motifs is 1. The van der Waals surface area contributed by atoms with Crippen LogP contribution < -0.4 is 9.47 Å². The van der Waals surface area contributed by atoms with Crippen molar-refractivity contribution in [2.24, 2.45) is 0 Å². The van der Waals surface area contributed by atoms with Crippen LogP contribution in [0.1, 0.15) is 22.7 Å². The highest BCUT2D eigenvalue weighted by atomic mass is 32.3. The Bertz CT molecular complexity index is 1140. The molecule has 3 aromatic rings. The van der Waals surface area contributed by atoms with Crippen LogP contribution in [0.25, 0.3) is 0 Å². The number of rotatable bonds is 5. The molecule has 0 saturated heterocycles. The SMILES string of the molecule is COc1nnc(OC)c2c1SN(S(=O)(=O)c1ccc(C)cc1)[C@H]2c1ccccc1. The summed E-state index contributed by atoms with van der Waals surface area (Å²) in [6, 6.07) is 15.5. The van der Waals surface area contributed by atoms with E-state index in [0.29, 0.717) is 10.5 Å². The first-order valence-electron chi connectivity index (χ1n) is 8.80. The maximum Gasteiger partial charge on any atom is 0.253 e. The van der Waals surface area contributed by atoms with Crippen LogP contribution in [-0.4, -0.2) is 36.5 Å². The number of hydrogen-bond donors (Lipinski definition) is 0. The zero-order chi connectivity index (χ0) is 20.6. The average Bonchev–Trinajstić information content (AvgIpc) is 3.15. The van der Waals surface area contributed by atoms with Crippen LogP contribution in [0.2, 0.25) is 0 Å². The number of sulfonamides is 1. The predicted octanol–water partition coefficient (Wildman–Crippen LogP) is 3.60. The van der Waals surface area contributed by atoms with Crippen LogP contribution in [0, 0.1) is 6.92 Å². The summed E-state index contributed by atoms with van der Waals surface area (Å²) in [5.41, 5.74) is 2.40. The van der Waals surface area contributed by atoms with Gasteiger partial charge in [-0.3, -0.25) is 0 Å². The first-order chi connectivity index (χ1) is 14.0. The van der Waals surface area contributed by atoms with Crippen LogP contribution in [-0.2, 0) is 10.0 Å². The van der Waals surface area contributed by atoms with Crippen molar-refractivity contribution in [2.75, 3.05) is 14.2 Å². The third kappa shape index (κ3) is 3.35. The molecular weight excluding hydrogens is 410 g/mol. The van der Waals surface area contributed by atoms with Crippen LogP contribution in [0.4, 0.5) is 0 Å². The van der Waals surface area contributed by atoms with Crippen LogP contribution >= 0.6 is 11.9 Å². The molecule has 0 saturated carbocycles. The molecule has 0 N–H and O–H groups in total. The molecule has 1 aliphatic rings. The fraction of sp³-hybridized carbons (Fsp3) is 0.200. The van der Waals surface area contributed by atoms with Gasteiger partial charge in [0, 0.05) is 0 Å². The van der Waals surface area contributed by atoms with Gasteiger partial charge >= 0.3 is 0 Å². The Morgan fingerprint density at radius 2 is 1.55 bits per heavy atom. The zero-order valence-electron chi connectivity index (χ0n) is 16.1. The second-order valence-corrected chi connectivity index (χ2v) is 9.47. The molecule has 0 amide bonds. The lowest BCUT2D eigenvalue weighted by atomic mass is 10.0. The fourth-order valence-corrected chi connectivity index (χ4v) is 6.27. The molecule has 2 aromatic carbocycles. The van der Waals surface area contributed by atoms with Crippen molar-refractivity contribution in [2.45, 2.75) is 22.8 Å². The van der Waals surface area contributed by atoms with Crippen molar-refractivity contribution in [3.8, 4) is 11.8 Å². The molecule has 0 unspecified atom stereocenters. The van der Waals surface area contributed by atoms with Gasteiger partial charge in [-0.1, -0.05) is 48.0 Å². The van der Waals surface area contributed by atoms with Crippen molar-refractivity contribution in [3.63, 3.8) is 0 Å². The Balaban J connectivity index is 1.93. The van der Waals surface area contributed by atoms with Crippen molar-refractivity contribution < 1.29 is 17.9 Å². The molecule has 29 heavy (non-hydrogen) atoms. The Labute approximate surface area is 173 Å². The van der Waals surface area contributed by atoms with E-state index in [2.05, 4.69) is 10.2 Å². The van der Waals surface area contributed by atoms with E-state index >= 15 is 0 Å². The first-order valence-corrected chi connectivity index (χ1v) is 11.0. The van der Waals surface area contributed by atoms with E-state index < -0.39 is 16.1 Å². The molecule has 1 aliphatic heterocycles. The largest absolute Gasteiger partial charge is 0.480 e. The summed E-state index contributed by atoms with van der Waals surface area (Å²) in [7, 11) is -0.876. The second-order valence-electron chi connectivity index (χ2n) is 6.44. The predicted molar refractivity (Wildman–Crippen MR) is 109 cm³/mol. The molecule has 2 heterocycles. The molecule has 150 valence electrons. The van der Waals surface area contributed by atoms with E-state index in [1.165, 1.54) is 17.9 Å². The summed E-state index contributed by atoms with van der Waals surface area (Å²) < 4.78 is 39.3. The van der Waals surface area contributed by atoms with E-state index in [9.17, 15) is 8.42 Å². The van der Waals surface area contributed by atoms with Gasteiger partial charge in [-0.2, -0.15) is 0 Å². The molecule has 1 aromatic heterocycles. The molecule has 1 atom stereocenters. The van der Waals surface area contributed by atoms with Crippen molar-refractivity contribution in [1.82, 2.24) is 13.9 Å². The number of aromatic nitrogens is 2. The standard InChI is InChI=1S/C20H19N3O4S2/c1-13-9-11-15(12-10-13)29(24,25)23-17(14-7-5-4-6-8-14)16-18(28-23)20(27-3)22-21-19(16)26-2/h4-12,17H,1-3H3/t17-/m0/s1. The van der Waals surface area contributed by atoms with Gasteiger partial charge in [-0.15, -0.1) is 13.9 Å². The minimum Gasteiger partial charge on any atom is -0.480 e. The highest BCUT2D eigenvalue weighted by Gasteiger charge is 2.45. The van der Waals surface area contributed by atoms with E-state index in [1.807, 2.05) is 37.3 Å². The fourth-order valence-electron chi connectivity index (χ4n) is 3.19. The number of methoxy groups -OCH3 is 2. The molecule has 0 bridgehead atoms. The van der Waals surface area contributed by atoms with Gasteiger partial charge < -0.3 is 9.47 Å². The topological polar surface area (TPSA) is 81.6 Å². The van der Waals surface area contributed by atoms with Gasteiger partial charge in [-0.05, 0) is 36.6 Å². The van der Waals surface area contributed by atoms with Crippen LogP contribution in [0.15, 0.2) is 64.4 Å². The summed E-state index contributed by atoms with van der Waals surface area (Å²) in [6.07, 6.45) is 0. The summed E-state index contributed by atoms with van der Waals surface area (Å²) in [5, 5.41) is 8.11. The van der Waals surface area contributed by atoms with Crippen molar-refractivity contribution in [1.29, 1.82) is 0 Å². The normalized spacial score (nSPS) is 16.4. The number of aryl methyl sites for hydroxylation is 1. The molecule has 7 nitrogen and oxygen atoms in total. The zero-order valence-corrected chi connectivity index (χ0v) is 17.7. The third-order valence-corrected chi connectivity index (χ3v) is 7.96. The molecular formula is C20H19N3O4S2. The van der Waals surface area contributed by atoms with Crippen LogP contribution in [0.5, 0.6) is 11.8 Å². The van der Waals surface area contributed by atoms with Crippen molar-refractivity contribution >= 4 is 22.0 Å². The molecule has 0 aliphatic carbocycles. The van der Waals surface area contributed by atoms with E-state index in [-0.39, 0.29) is 16.7 Å². The van der Waals surface area contributed by atoms with Gasteiger partial charge in [0.1, 0.15) is 0 Å². The molecule has 0 radical (unpaired) electrons. The lowest BCUT2D eigenvalue weighted by Gasteiger charge is -2.24. The average molecular weight is 430 g/mol. The first kappa shape index (κ1) is 19.7. The lowest BCUT2D eigenvalue weighted by molar-refractivity contribution is 0.350. The number of hydrogen-bond acceptors (Lipinski definition) is 7. The maximum atomic E-state index is 13.6. The second kappa shape index (κ2) is 7.66. The Morgan fingerprint density at radius 1 is 0.931 bits per heavy atom. The van der Waals surface area contributed by atoms with Gasteiger partial charge in [0.25, 0.3) is 10.0 Å². The highest BCUT2D eigenvalue weighted by Crippen LogP contribution is 2.55. The number of benzene rings is 2. The molecule has 4 rings (SSSR count). The highest BCUT2D eigenvalue weighted by molar-refractivity contribution is 8.08. The summed E-state index contributed by atoms with van der Waals surface area (Å²) in [4.78, 5) is 0.784. The minimum absolute atomic E-state index is 0.211. The van der Waals surface area contributed by atoms with Crippen LogP contribution in [0.3, 0.4) is 0 Å². The van der Waals surface area contributed by atoms with E-state index in [4.69, 9.17) is 9.47 Å². The Hall–Kier alpha value is -2.62. The van der Waals surface area contributed by atoms with E-state index in [1.54, 1.807) is 24.3 Å². The minimum atomic E-state index is -3.84. The summed E-state index contributed by atoms with van der Waals surface area (Å²) >= 11 is 1.06. The van der Waals surface area contributed by atoms with Crippen molar-refractivity contribution in [3.05, 3.63) is 71.3 Å². The monoisotopic (exact) mass is 429 g/mol. The summed E-state index contributed by atoms with van der Waals surface area (Å²) in [5.74, 6) is 0.525. The van der Waals surface area contributed by atoms with Gasteiger partial charge in [0.2, 0.25) is 11.8 Å². The smallest absolute Gasteiger partial charge is 0.253 e. The van der Waals surface area contributed by atoms with Gasteiger partial charge in [-0.25, -0.2) is 8.42 Å². The number of nitrogens with zero attached hydrogens (tertiary/aromatic N) is 3. The summed E-state index contributed by atoms with van der Waals surface area (Å²) in [6.45, 7) is 1.91. The molecule has 9 heteroatoms. The Kier molecular flexibility index (Phi) is 5.20. The molecule has 0 fully saturated rings. The quantitative estimate of drug-likeness (QED) is 0.573. The van der Waals surface area contributed by atoms with Gasteiger partial charge in [0.15, 0.2) is 0 Å². The maximum absolute atomic E-state index is 13.6. The Morgan fingerprint density at radius 3 is 2.17 bits per heavy atom. The molecule has 0 spiro atoms. The third-order valence-electron chi connectivity index (χ3n) is 4.62. The number of ether oxygens (including phenoxy) is 2.